The van der Waals surface area contributed by atoms with E-state index in [2.05, 4.69) is 20.7 Å². The zero-order valence-corrected chi connectivity index (χ0v) is 11.9. The molecule has 2 N–H and O–H groups in total. The fourth-order valence-corrected chi connectivity index (χ4v) is 2.68. The lowest BCUT2D eigenvalue weighted by Crippen LogP contribution is -2.19. The van der Waals surface area contributed by atoms with Gasteiger partial charge in [0.25, 0.3) is 0 Å². The predicted octanol–water partition coefficient (Wildman–Crippen LogP) is 1.67. The number of hydrogen-bond acceptors (Lipinski definition) is 4. The Hall–Kier alpha value is -1.28. The van der Waals surface area contributed by atoms with Crippen molar-refractivity contribution in [3.8, 4) is 5.75 Å². The minimum absolute atomic E-state index is 0.305. The van der Waals surface area contributed by atoms with E-state index in [1.807, 2.05) is 0 Å². The number of benzene rings is 1. The SMILES string of the molecule is COc1ccc(Br)c(NS(=O)(=O)CCC(=O)O)c1. The van der Waals surface area contributed by atoms with E-state index < -0.39 is 28.2 Å². The third-order valence-electron chi connectivity index (χ3n) is 2.02. The first-order valence-electron chi connectivity index (χ1n) is 4.90. The van der Waals surface area contributed by atoms with Crippen LogP contribution in [0.5, 0.6) is 5.75 Å². The summed E-state index contributed by atoms with van der Waals surface area (Å²) in [5.74, 6) is -1.15. The zero-order chi connectivity index (χ0) is 13.8. The molecule has 0 spiro atoms. The molecule has 0 unspecified atom stereocenters. The minimum atomic E-state index is -3.69. The molecule has 1 aromatic rings. The van der Waals surface area contributed by atoms with Crippen LogP contribution in [0.15, 0.2) is 22.7 Å². The molecule has 6 nitrogen and oxygen atoms in total. The second kappa shape index (κ2) is 6.05. The topological polar surface area (TPSA) is 92.7 Å². The van der Waals surface area contributed by atoms with Gasteiger partial charge in [-0.3, -0.25) is 9.52 Å². The maximum Gasteiger partial charge on any atom is 0.304 e. The van der Waals surface area contributed by atoms with Gasteiger partial charge in [0.1, 0.15) is 5.75 Å². The van der Waals surface area contributed by atoms with E-state index in [9.17, 15) is 13.2 Å². The first-order chi connectivity index (χ1) is 8.34. The van der Waals surface area contributed by atoms with Crippen LogP contribution in [0.2, 0.25) is 0 Å². The lowest BCUT2D eigenvalue weighted by molar-refractivity contribution is -0.136. The highest BCUT2D eigenvalue weighted by atomic mass is 79.9. The maximum atomic E-state index is 11.6. The van der Waals surface area contributed by atoms with Gasteiger partial charge in [0.15, 0.2) is 0 Å². The van der Waals surface area contributed by atoms with Crippen LogP contribution in [0.1, 0.15) is 6.42 Å². The third kappa shape index (κ3) is 4.53. The summed E-state index contributed by atoms with van der Waals surface area (Å²) in [6.07, 6.45) is -0.447. The van der Waals surface area contributed by atoms with Crippen molar-refractivity contribution in [1.82, 2.24) is 0 Å². The van der Waals surface area contributed by atoms with Crippen LogP contribution in [0.25, 0.3) is 0 Å². The number of carboxylic acids is 1. The molecular weight excluding hydrogens is 326 g/mol. The van der Waals surface area contributed by atoms with Gasteiger partial charge in [0.2, 0.25) is 10.0 Å². The van der Waals surface area contributed by atoms with E-state index in [0.29, 0.717) is 15.9 Å². The van der Waals surface area contributed by atoms with Crippen molar-refractivity contribution < 1.29 is 23.1 Å². The Morgan fingerprint density at radius 2 is 2.17 bits per heavy atom. The Labute approximate surface area is 113 Å². The van der Waals surface area contributed by atoms with Crippen LogP contribution in [0.3, 0.4) is 0 Å². The number of halogens is 1. The number of nitrogens with one attached hydrogen (secondary N) is 1. The molecule has 0 aliphatic heterocycles. The lowest BCUT2D eigenvalue weighted by atomic mass is 10.3. The zero-order valence-electron chi connectivity index (χ0n) is 9.51. The van der Waals surface area contributed by atoms with E-state index in [4.69, 9.17) is 9.84 Å². The summed E-state index contributed by atoms with van der Waals surface area (Å²) < 4.78 is 31.1. The summed E-state index contributed by atoms with van der Waals surface area (Å²) in [7, 11) is -2.23. The molecule has 0 bridgehead atoms. The Balaban J connectivity index is 2.86. The van der Waals surface area contributed by atoms with Crippen LogP contribution < -0.4 is 9.46 Å². The average molecular weight is 338 g/mol. The van der Waals surface area contributed by atoms with Crippen LogP contribution in [0, 0.1) is 0 Å². The number of sulfonamides is 1. The lowest BCUT2D eigenvalue weighted by Gasteiger charge is -2.10. The molecule has 0 saturated carbocycles. The van der Waals surface area contributed by atoms with Gasteiger partial charge < -0.3 is 9.84 Å². The molecule has 0 amide bonds. The Morgan fingerprint density at radius 1 is 1.50 bits per heavy atom. The van der Waals surface area contributed by atoms with Crippen molar-refractivity contribution in [2.45, 2.75) is 6.42 Å². The molecule has 0 aliphatic carbocycles. The molecule has 0 atom stereocenters. The van der Waals surface area contributed by atoms with E-state index in [-0.39, 0.29) is 0 Å². The number of carbonyl (C=O) groups is 1. The molecule has 100 valence electrons. The molecule has 0 heterocycles. The monoisotopic (exact) mass is 337 g/mol. The Kier molecular flexibility index (Phi) is 4.97. The molecule has 8 heteroatoms. The molecule has 0 saturated heterocycles. The first kappa shape index (κ1) is 14.8. The Bertz CT molecular complexity index is 543. The average Bonchev–Trinajstić information content (AvgIpc) is 2.29. The normalized spacial score (nSPS) is 11.0. The second-order valence-corrected chi connectivity index (χ2v) is 6.11. The van der Waals surface area contributed by atoms with Gasteiger partial charge in [-0.2, -0.15) is 0 Å². The summed E-state index contributed by atoms with van der Waals surface area (Å²) in [6.45, 7) is 0. The fraction of sp³-hybridized carbons (Fsp3) is 0.300. The maximum absolute atomic E-state index is 11.6. The van der Waals surface area contributed by atoms with Gasteiger partial charge in [-0.05, 0) is 28.1 Å². The smallest absolute Gasteiger partial charge is 0.304 e. The van der Waals surface area contributed by atoms with Crippen LogP contribution >= 0.6 is 15.9 Å². The predicted molar refractivity (Wildman–Crippen MR) is 70.4 cm³/mol. The van der Waals surface area contributed by atoms with Gasteiger partial charge in [-0.25, -0.2) is 8.42 Å². The summed E-state index contributed by atoms with van der Waals surface area (Å²) in [6, 6.07) is 4.80. The largest absolute Gasteiger partial charge is 0.497 e. The summed E-state index contributed by atoms with van der Waals surface area (Å²) >= 11 is 3.19. The highest BCUT2D eigenvalue weighted by Gasteiger charge is 2.14. The first-order valence-corrected chi connectivity index (χ1v) is 7.34. The molecule has 0 fully saturated rings. The van der Waals surface area contributed by atoms with Gasteiger partial charge in [0.05, 0.1) is 25.0 Å². The van der Waals surface area contributed by atoms with Crippen molar-refractivity contribution >= 4 is 37.6 Å². The fourth-order valence-electron chi connectivity index (χ4n) is 1.15. The van der Waals surface area contributed by atoms with Crippen LogP contribution in [-0.2, 0) is 14.8 Å². The van der Waals surface area contributed by atoms with Gasteiger partial charge in [-0.15, -0.1) is 0 Å². The highest BCUT2D eigenvalue weighted by Crippen LogP contribution is 2.27. The second-order valence-electron chi connectivity index (χ2n) is 3.41. The van der Waals surface area contributed by atoms with E-state index in [1.165, 1.54) is 13.2 Å². The number of anilines is 1. The summed E-state index contributed by atoms with van der Waals surface area (Å²) in [5, 5.41) is 8.46. The molecule has 0 radical (unpaired) electrons. The number of aliphatic carboxylic acids is 1. The number of methoxy groups -OCH3 is 1. The molecule has 1 rings (SSSR count). The van der Waals surface area contributed by atoms with Crippen LogP contribution in [0.4, 0.5) is 5.69 Å². The van der Waals surface area contributed by atoms with Crippen molar-refractivity contribution in [3.05, 3.63) is 22.7 Å². The molecule has 0 aliphatic rings. The number of ether oxygens (including phenoxy) is 1. The summed E-state index contributed by atoms with van der Waals surface area (Å²) in [5.41, 5.74) is 0.305. The molecule has 1 aromatic carbocycles. The van der Waals surface area contributed by atoms with Gasteiger partial charge >= 0.3 is 5.97 Å². The van der Waals surface area contributed by atoms with E-state index in [1.54, 1.807) is 12.1 Å². The number of carboxylic acid groups (broad SMARTS) is 1. The highest BCUT2D eigenvalue weighted by molar-refractivity contribution is 9.10. The third-order valence-corrected chi connectivity index (χ3v) is 3.99. The Morgan fingerprint density at radius 3 is 2.72 bits per heavy atom. The van der Waals surface area contributed by atoms with Crippen molar-refractivity contribution in [2.24, 2.45) is 0 Å². The molecular formula is C10H12BrNO5S. The van der Waals surface area contributed by atoms with E-state index >= 15 is 0 Å². The minimum Gasteiger partial charge on any atom is -0.497 e. The molecule has 18 heavy (non-hydrogen) atoms. The molecule has 0 aromatic heterocycles. The van der Waals surface area contributed by atoms with Crippen molar-refractivity contribution in [2.75, 3.05) is 17.6 Å². The van der Waals surface area contributed by atoms with Gasteiger partial charge in [-0.1, -0.05) is 0 Å². The number of hydrogen-bond donors (Lipinski definition) is 2. The standard InChI is InChI=1S/C10H12BrNO5S/c1-17-7-2-3-8(11)9(6-7)12-18(15,16)5-4-10(13)14/h2-3,6,12H,4-5H2,1H3,(H,13,14). The number of rotatable bonds is 6. The summed E-state index contributed by atoms with van der Waals surface area (Å²) in [4.78, 5) is 10.3. The van der Waals surface area contributed by atoms with E-state index in [0.717, 1.165) is 0 Å². The van der Waals surface area contributed by atoms with Crippen molar-refractivity contribution in [1.29, 1.82) is 0 Å². The van der Waals surface area contributed by atoms with Crippen molar-refractivity contribution in [3.63, 3.8) is 0 Å². The van der Waals surface area contributed by atoms with Gasteiger partial charge in [0, 0.05) is 10.5 Å². The van der Waals surface area contributed by atoms with Crippen LogP contribution in [-0.4, -0.2) is 32.4 Å². The quantitative estimate of drug-likeness (QED) is 0.823.